The zero-order valence-electron chi connectivity index (χ0n) is 20.4. The topological polar surface area (TPSA) is 80.0 Å². The number of ether oxygens (including phenoxy) is 2. The SMILES string of the molecule is CC(C)c1cnn2c(NCc3ccccc3N3CCOCC3)nc(OC3CCN(C)CC3)nc12. The highest BCUT2D eigenvalue weighted by molar-refractivity contribution is 5.56. The summed E-state index contributed by atoms with van der Waals surface area (Å²) in [7, 11) is 2.15. The standard InChI is InChI=1S/C25H35N7O2/c1-18(2)21-17-27-32-23(21)28-25(34-20-8-10-30(3)11-9-20)29-24(32)26-16-19-6-4-5-7-22(19)31-12-14-33-15-13-31/h4-7,17-18,20H,8-16H2,1-3H3,(H,26,28,29). The van der Waals surface area contributed by atoms with Crippen molar-refractivity contribution in [3.63, 3.8) is 0 Å². The summed E-state index contributed by atoms with van der Waals surface area (Å²) < 4.78 is 13.6. The first-order valence-corrected chi connectivity index (χ1v) is 12.3. The second-order valence-corrected chi connectivity index (χ2v) is 9.52. The third-order valence-corrected chi connectivity index (χ3v) is 6.71. The van der Waals surface area contributed by atoms with Crippen LogP contribution >= 0.6 is 0 Å². The van der Waals surface area contributed by atoms with E-state index in [2.05, 4.69) is 65.4 Å². The highest BCUT2D eigenvalue weighted by Crippen LogP contribution is 2.26. The summed E-state index contributed by atoms with van der Waals surface area (Å²) in [5, 5.41) is 8.13. The summed E-state index contributed by atoms with van der Waals surface area (Å²) in [6.07, 6.45) is 3.99. The Labute approximate surface area is 201 Å². The van der Waals surface area contributed by atoms with Gasteiger partial charge >= 0.3 is 6.01 Å². The van der Waals surface area contributed by atoms with Gasteiger partial charge in [0, 0.05) is 44.0 Å². The molecule has 0 bridgehead atoms. The molecule has 2 aliphatic heterocycles. The lowest BCUT2D eigenvalue weighted by Crippen LogP contribution is -2.36. The van der Waals surface area contributed by atoms with E-state index >= 15 is 0 Å². The van der Waals surface area contributed by atoms with E-state index in [1.807, 2.05) is 6.20 Å². The summed E-state index contributed by atoms with van der Waals surface area (Å²) in [4.78, 5) is 14.2. The minimum Gasteiger partial charge on any atom is -0.460 e. The fraction of sp³-hybridized carbons (Fsp3) is 0.560. The van der Waals surface area contributed by atoms with Gasteiger partial charge in [0.2, 0.25) is 5.95 Å². The summed E-state index contributed by atoms with van der Waals surface area (Å²) in [5.74, 6) is 0.954. The first-order chi connectivity index (χ1) is 16.6. The van der Waals surface area contributed by atoms with E-state index in [1.165, 1.54) is 11.3 Å². The van der Waals surface area contributed by atoms with Crippen LogP contribution < -0.4 is 15.0 Å². The first-order valence-electron chi connectivity index (χ1n) is 12.3. The van der Waals surface area contributed by atoms with E-state index in [4.69, 9.17) is 19.4 Å². The van der Waals surface area contributed by atoms with Crippen molar-refractivity contribution >= 4 is 17.3 Å². The molecule has 4 heterocycles. The maximum Gasteiger partial charge on any atom is 0.322 e. The molecule has 0 atom stereocenters. The molecule has 9 nitrogen and oxygen atoms in total. The van der Waals surface area contributed by atoms with Crippen LogP contribution in [-0.4, -0.2) is 77.0 Å². The molecule has 182 valence electrons. The monoisotopic (exact) mass is 465 g/mol. The Morgan fingerprint density at radius 1 is 1.09 bits per heavy atom. The maximum atomic E-state index is 6.28. The number of nitrogens with zero attached hydrogens (tertiary/aromatic N) is 6. The van der Waals surface area contributed by atoms with Gasteiger partial charge in [0.15, 0.2) is 5.65 Å². The average Bonchev–Trinajstić information content (AvgIpc) is 3.29. The van der Waals surface area contributed by atoms with Gasteiger partial charge in [0.05, 0.1) is 19.4 Å². The van der Waals surface area contributed by atoms with Gasteiger partial charge in [-0.1, -0.05) is 32.0 Å². The summed E-state index contributed by atoms with van der Waals surface area (Å²) in [6.45, 7) is 10.3. The normalized spacial score (nSPS) is 18.1. The minimum absolute atomic E-state index is 0.138. The fourth-order valence-corrected chi connectivity index (χ4v) is 4.65. The van der Waals surface area contributed by atoms with Crippen molar-refractivity contribution in [2.75, 3.05) is 56.7 Å². The van der Waals surface area contributed by atoms with E-state index in [9.17, 15) is 0 Å². The molecule has 34 heavy (non-hydrogen) atoms. The Hall–Kier alpha value is -2.91. The molecule has 0 unspecified atom stereocenters. The largest absolute Gasteiger partial charge is 0.460 e. The first kappa shape index (κ1) is 22.9. The number of likely N-dealkylation sites (tertiary alicyclic amines) is 1. The van der Waals surface area contributed by atoms with Gasteiger partial charge in [-0.3, -0.25) is 0 Å². The van der Waals surface area contributed by atoms with Crippen LogP contribution in [0, 0.1) is 0 Å². The summed E-state index contributed by atoms with van der Waals surface area (Å²) >= 11 is 0. The Kier molecular flexibility index (Phi) is 6.82. The lowest BCUT2D eigenvalue weighted by atomic mass is 10.1. The molecule has 9 heteroatoms. The van der Waals surface area contributed by atoms with Gasteiger partial charge in [0.25, 0.3) is 0 Å². The number of anilines is 2. The van der Waals surface area contributed by atoms with Crippen LogP contribution in [-0.2, 0) is 11.3 Å². The van der Waals surface area contributed by atoms with Crippen molar-refractivity contribution in [1.82, 2.24) is 24.5 Å². The number of rotatable bonds is 7. The number of benzene rings is 1. The van der Waals surface area contributed by atoms with E-state index < -0.39 is 0 Å². The third-order valence-electron chi connectivity index (χ3n) is 6.71. The van der Waals surface area contributed by atoms with Gasteiger partial charge in [-0.25, -0.2) is 0 Å². The number of aromatic nitrogens is 4. The number of hydrogen-bond donors (Lipinski definition) is 1. The summed E-state index contributed by atoms with van der Waals surface area (Å²) in [5.41, 5.74) is 4.34. The number of morpholine rings is 1. The molecule has 5 rings (SSSR count). The lowest BCUT2D eigenvalue weighted by molar-refractivity contribution is 0.105. The minimum atomic E-state index is 0.138. The summed E-state index contributed by atoms with van der Waals surface area (Å²) in [6, 6.07) is 8.93. The molecule has 3 aromatic rings. The van der Waals surface area contributed by atoms with Crippen molar-refractivity contribution in [2.45, 2.75) is 45.3 Å². The average molecular weight is 466 g/mol. The molecule has 1 N–H and O–H groups in total. The second kappa shape index (κ2) is 10.1. The van der Waals surface area contributed by atoms with Gasteiger partial charge in [-0.2, -0.15) is 19.6 Å². The third kappa shape index (κ3) is 4.95. The molecule has 0 radical (unpaired) electrons. The van der Waals surface area contributed by atoms with Crippen LogP contribution in [0.5, 0.6) is 6.01 Å². The van der Waals surface area contributed by atoms with Crippen LogP contribution in [0.3, 0.4) is 0 Å². The molecule has 0 spiro atoms. The Balaban J connectivity index is 1.41. The van der Waals surface area contributed by atoms with Crippen molar-refractivity contribution in [3.8, 4) is 6.01 Å². The van der Waals surface area contributed by atoms with E-state index in [0.717, 1.165) is 63.4 Å². The molecular weight excluding hydrogens is 430 g/mol. The molecule has 0 amide bonds. The van der Waals surface area contributed by atoms with Gasteiger partial charge in [-0.05, 0) is 37.4 Å². The van der Waals surface area contributed by atoms with E-state index in [-0.39, 0.29) is 6.10 Å². The molecule has 0 aliphatic carbocycles. The molecular formula is C25H35N7O2. The number of hydrogen-bond acceptors (Lipinski definition) is 8. The molecule has 0 saturated carbocycles. The molecule has 2 saturated heterocycles. The lowest BCUT2D eigenvalue weighted by Gasteiger charge is -2.30. The van der Waals surface area contributed by atoms with Crippen molar-refractivity contribution in [3.05, 3.63) is 41.6 Å². The van der Waals surface area contributed by atoms with Crippen LogP contribution in [0.2, 0.25) is 0 Å². The number of fused-ring (bicyclic) bond motifs is 1. The number of nitrogens with one attached hydrogen (secondary N) is 1. The van der Waals surface area contributed by atoms with Gasteiger partial charge < -0.3 is 24.6 Å². The second-order valence-electron chi connectivity index (χ2n) is 9.52. The molecule has 2 aliphatic rings. The van der Waals surface area contributed by atoms with Crippen molar-refractivity contribution in [1.29, 1.82) is 0 Å². The Bertz CT molecular complexity index is 1100. The number of piperidine rings is 1. The zero-order chi connectivity index (χ0) is 23.5. The zero-order valence-corrected chi connectivity index (χ0v) is 20.4. The fourth-order valence-electron chi connectivity index (χ4n) is 4.65. The van der Waals surface area contributed by atoms with Crippen LogP contribution in [0.25, 0.3) is 5.65 Å². The highest BCUT2D eigenvalue weighted by Gasteiger charge is 2.22. The molecule has 2 fully saturated rings. The smallest absolute Gasteiger partial charge is 0.322 e. The maximum absolute atomic E-state index is 6.28. The quantitative estimate of drug-likeness (QED) is 0.570. The molecule has 2 aromatic heterocycles. The Morgan fingerprint density at radius 3 is 2.62 bits per heavy atom. The van der Waals surface area contributed by atoms with E-state index in [1.54, 1.807) is 4.52 Å². The van der Waals surface area contributed by atoms with Crippen LogP contribution in [0.1, 0.15) is 43.7 Å². The predicted octanol–water partition coefficient (Wildman–Crippen LogP) is 3.17. The highest BCUT2D eigenvalue weighted by atomic mass is 16.5. The molecule has 1 aromatic carbocycles. The van der Waals surface area contributed by atoms with Crippen molar-refractivity contribution < 1.29 is 9.47 Å². The number of para-hydroxylation sites is 1. The van der Waals surface area contributed by atoms with Crippen LogP contribution in [0.15, 0.2) is 30.5 Å². The van der Waals surface area contributed by atoms with E-state index in [0.29, 0.717) is 24.4 Å². The predicted molar refractivity (Wildman–Crippen MR) is 133 cm³/mol. The van der Waals surface area contributed by atoms with Gasteiger partial charge in [0.1, 0.15) is 6.10 Å². The van der Waals surface area contributed by atoms with Crippen LogP contribution in [0.4, 0.5) is 11.6 Å². The van der Waals surface area contributed by atoms with Gasteiger partial charge in [-0.15, -0.1) is 0 Å². The van der Waals surface area contributed by atoms with Crippen molar-refractivity contribution in [2.24, 2.45) is 0 Å². The Morgan fingerprint density at radius 2 is 1.85 bits per heavy atom.